The molecule has 4 bridgehead atoms. The van der Waals surface area contributed by atoms with Crippen molar-refractivity contribution < 1.29 is 19.0 Å². The van der Waals surface area contributed by atoms with Crippen molar-refractivity contribution >= 4 is 11.8 Å². The summed E-state index contributed by atoms with van der Waals surface area (Å²) in [5, 5.41) is 10.4. The minimum Gasteiger partial charge on any atom is -0.496 e. The molecule has 0 saturated heterocycles. The number of hydrogen-bond donors (Lipinski definition) is 1. The number of aromatic nitrogens is 3. The Hall–Kier alpha value is -3.17. The summed E-state index contributed by atoms with van der Waals surface area (Å²) in [6.07, 6.45) is 7.32. The maximum absolute atomic E-state index is 14.0. The van der Waals surface area contributed by atoms with E-state index < -0.39 is 0 Å². The molecule has 10 nitrogen and oxygen atoms in total. The van der Waals surface area contributed by atoms with Crippen molar-refractivity contribution in [2.45, 2.75) is 65.0 Å². The number of methoxy groups -OCH3 is 1. The number of carbonyl (C=O) groups excluding carboxylic acids is 2. The molecule has 3 heterocycles. The first-order valence-electron chi connectivity index (χ1n) is 13.0. The van der Waals surface area contributed by atoms with Gasteiger partial charge in [-0.05, 0) is 63.2 Å². The molecule has 1 N–H and O–H groups in total. The second kappa shape index (κ2) is 8.74. The minimum absolute atomic E-state index is 0.145. The number of aryl methyl sites for hydroxylation is 1. The van der Waals surface area contributed by atoms with E-state index in [0.29, 0.717) is 66.5 Å². The molecule has 7 rings (SSSR count). The van der Waals surface area contributed by atoms with E-state index >= 15 is 0 Å². The van der Waals surface area contributed by atoms with E-state index in [2.05, 4.69) is 15.6 Å². The van der Waals surface area contributed by atoms with E-state index in [0.717, 1.165) is 19.3 Å². The molecule has 2 aromatic rings. The zero-order valence-electron chi connectivity index (χ0n) is 20.9. The smallest absolute Gasteiger partial charge is 0.257 e. The molecule has 10 heteroatoms. The fraction of sp³-hybridized carbons (Fsp3) is 0.654. The largest absolute Gasteiger partial charge is 0.496 e. The third kappa shape index (κ3) is 3.81. The van der Waals surface area contributed by atoms with Crippen LogP contribution in [0, 0.1) is 30.1 Å². The van der Waals surface area contributed by atoms with Crippen molar-refractivity contribution in [1.82, 2.24) is 25.1 Å². The number of nitrogens with zero attached hydrogens (tertiary/aromatic N) is 4. The quantitative estimate of drug-likeness (QED) is 0.674. The van der Waals surface area contributed by atoms with Crippen LogP contribution in [0.3, 0.4) is 0 Å². The summed E-state index contributed by atoms with van der Waals surface area (Å²) in [6.45, 7) is 3.22. The number of ether oxygens (including phenoxy) is 1. The number of pyridine rings is 1. The van der Waals surface area contributed by atoms with E-state index in [-0.39, 0.29) is 35.1 Å². The normalized spacial score (nSPS) is 28.5. The summed E-state index contributed by atoms with van der Waals surface area (Å²) >= 11 is 0. The summed E-state index contributed by atoms with van der Waals surface area (Å²) < 4.78 is 11.8. The van der Waals surface area contributed by atoms with E-state index in [4.69, 9.17) is 9.37 Å². The molecule has 2 amide bonds. The van der Waals surface area contributed by atoms with Crippen LogP contribution >= 0.6 is 0 Å². The molecule has 36 heavy (non-hydrogen) atoms. The maximum atomic E-state index is 14.0. The van der Waals surface area contributed by atoms with Gasteiger partial charge in [-0.15, -0.1) is 0 Å². The standard InChI is InChI=1S/C26H33N5O5/c1-15-19(29-36-28-15)14-27-24(33)23-20-3-4-30(5-6-31(20)22(32)10-21(23)35-2)25(34)26-11-16-7-17(12-26)9-18(8-16)13-26/h10,16-18H,3-9,11-14H2,1-2H3,(H,27,33). The van der Waals surface area contributed by atoms with Gasteiger partial charge in [0, 0.05) is 37.8 Å². The SMILES string of the molecule is COc1cc(=O)n2c(c1C(=O)NCc1nonc1C)CCN(C(=O)C13CC4CC(CC(C4)C1)C3)CC2. The molecule has 0 aromatic carbocycles. The molecule has 192 valence electrons. The predicted molar refractivity (Wildman–Crippen MR) is 128 cm³/mol. The average Bonchev–Trinajstić information content (AvgIpc) is 3.13. The summed E-state index contributed by atoms with van der Waals surface area (Å²) in [4.78, 5) is 42.2. The monoisotopic (exact) mass is 495 g/mol. The predicted octanol–water partition coefficient (Wildman–Crippen LogP) is 2.08. The van der Waals surface area contributed by atoms with Crippen molar-refractivity contribution in [3.8, 4) is 5.75 Å². The van der Waals surface area contributed by atoms with Gasteiger partial charge in [0.15, 0.2) is 0 Å². The summed E-state index contributed by atoms with van der Waals surface area (Å²) in [6, 6.07) is 1.36. The van der Waals surface area contributed by atoms with Crippen LogP contribution in [-0.4, -0.2) is 51.8 Å². The Morgan fingerprint density at radius 2 is 1.81 bits per heavy atom. The lowest BCUT2D eigenvalue weighted by atomic mass is 9.49. The van der Waals surface area contributed by atoms with Gasteiger partial charge in [0.2, 0.25) is 5.91 Å². The lowest BCUT2D eigenvalue weighted by molar-refractivity contribution is -0.157. The number of amides is 2. The molecule has 5 aliphatic rings. The average molecular weight is 496 g/mol. The highest BCUT2D eigenvalue weighted by Crippen LogP contribution is 2.60. The molecule has 0 spiro atoms. The Morgan fingerprint density at radius 3 is 2.42 bits per heavy atom. The van der Waals surface area contributed by atoms with Gasteiger partial charge in [0.1, 0.15) is 22.7 Å². The molecule has 4 saturated carbocycles. The van der Waals surface area contributed by atoms with Crippen molar-refractivity contribution in [1.29, 1.82) is 0 Å². The molecule has 0 radical (unpaired) electrons. The van der Waals surface area contributed by atoms with Crippen molar-refractivity contribution in [2.24, 2.45) is 23.2 Å². The Labute approximate surface area is 209 Å². The van der Waals surface area contributed by atoms with Gasteiger partial charge in [-0.3, -0.25) is 14.4 Å². The highest BCUT2D eigenvalue weighted by atomic mass is 16.6. The number of rotatable bonds is 5. The van der Waals surface area contributed by atoms with Crippen LogP contribution in [0.15, 0.2) is 15.5 Å². The van der Waals surface area contributed by atoms with Gasteiger partial charge >= 0.3 is 0 Å². The number of hydrogen-bond acceptors (Lipinski definition) is 7. The minimum atomic E-state index is -0.362. The Morgan fingerprint density at radius 1 is 1.11 bits per heavy atom. The molecule has 0 atom stereocenters. The van der Waals surface area contributed by atoms with Gasteiger partial charge in [-0.25, -0.2) is 4.63 Å². The molecule has 1 aliphatic heterocycles. The fourth-order valence-corrected chi connectivity index (χ4v) is 7.73. The third-order valence-corrected chi connectivity index (χ3v) is 8.98. The second-order valence-corrected chi connectivity index (χ2v) is 11.2. The molecular weight excluding hydrogens is 462 g/mol. The van der Waals surface area contributed by atoms with Crippen LogP contribution in [0.1, 0.15) is 66.0 Å². The third-order valence-electron chi connectivity index (χ3n) is 8.98. The lowest BCUT2D eigenvalue weighted by Gasteiger charge is -2.56. The van der Waals surface area contributed by atoms with Gasteiger partial charge in [-0.1, -0.05) is 10.3 Å². The number of carbonyl (C=O) groups is 2. The topological polar surface area (TPSA) is 120 Å². The first-order valence-corrected chi connectivity index (χ1v) is 13.0. The summed E-state index contributed by atoms with van der Waals surface area (Å²) in [5.74, 6) is 2.20. The van der Waals surface area contributed by atoms with E-state index in [1.807, 2.05) is 4.90 Å². The van der Waals surface area contributed by atoms with Gasteiger partial charge in [-0.2, -0.15) is 0 Å². The van der Waals surface area contributed by atoms with Crippen LogP contribution < -0.4 is 15.6 Å². The van der Waals surface area contributed by atoms with Crippen molar-refractivity contribution in [3.63, 3.8) is 0 Å². The van der Waals surface area contributed by atoms with E-state index in [1.165, 1.54) is 32.4 Å². The lowest BCUT2D eigenvalue weighted by Crippen LogP contribution is -2.55. The zero-order chi connectivity index (χ0) is 25.0. The number of fused-ring (bicyclic) bond motifs is 1. The van der Waals surface area contributed by atoms with Crippen LogP contribution in [0.5, 0.6) is 5.75 Å². The Bertz CT molecular complexity index is 1230. The van der Waals surface area contributed by atoms with Crippen molar-refractivity contribution in [3.05, 3.63) is 39.1 Å². The summed E-state index contributed by atoms with van der Waals surface area (Å²) in [7, 11) is 1.45. The molecule has 2 aromatic heterocycles. The molecular formula is C26H33N5O5. The zero-order valence-corrected chi connectivity index (χ0v) is 20.9. The molecule has 4 fully saturated rings. The number of nitrogens with one attached hydrogen (secondary N) is 1. The van der Waals surface area contributed by atoms with Crippen LogP contribution in [-0.2, 0) is 24.3 Å². The van der Waals surface area contributed by atoms with Gasteiger partial charge in [0.05, 0.1) is 19.1 Å². The second-order valence-electron chi connectivity index (χ2n) is 11.2. The highest BCUT2D eigenvalue weighted by Gasteiger charge is 2.55. The van der Waals surface area contributed by atoms with E-state index in [9.17, 15) is 14.4 Å². The Kier molecular flexibility index (Phi) is 5.64. The van der Waals surface area contributed by atoms with Crippen LogP contribution in [0.25, 0.3) is 0 Å². The van der Waals surface area contributed by atoms with Gasteiger partial charge < -0.3 is 19.5 Å². The van der Waals surface area contributed by atoms with Crippen LogP contribution in [0.4, 0.5) is 0 Å². The molecule has 4 aliphatic carbocycles. The fourth-order valence-electron chi connectivity index (χ4n) is 7.73. The highest BCUT2D eigenvalue weighted by molar-refractivity contribution is 5.98. The molecule has 0 unspecified atom stereocenters. The summed E-state index contributed by atoms with van der Waals surface area (Å²) in [5.41, 5.74) is 1.62. The van der Waals surface area contributed by atoms with E-state index in [1.54, 1.807) is 11.5 Å². The first-order chi connectivity index (χ1) is 17.4. The van der Waals surface area contributed by atoms with Crippen molar-refractivity contribution in [2.75, 3.05) is 20.2 Å². The maximum Gasteiger partial charge on any atom is 0.257 e. The van der Waals surface area contributed by atoms with Gasteiger partial charge in [0.25, 0.3) is 11.5 Å². The first kappa shape index (κ1) is 23.2. The Balaban J connectivity index is 1.25. The van der Waals surface area contributed by atoms with Crippen LogP contribution in [0.2, 0.25) is 0 Å².